The molecule has 0 heterocycles. The molecule has 0 aliphatic heterocycles. The molecule has 9 nitrogen and oxygen atoms in total. The van der Waals surface area contributed by atoms with Gasteiger partial charge in [-0.2, -0.15) is 5.26 Å². The van der Waals surface area contributed by atoms with Crippen molar-refractivity contribution in [1.29, 1.82) is 5.26 Å². The topological polar surface area (TPSA) is 135 Å². The van der Waals surface area contributed by atoms with Gasteiger partial charge in [0, 0.05) is 29.3 Å². The van der Waals surface area contributed by atoms with Crippen molar-refractivity contribution in [3.8, 4) is 11.8 Å². The molecule has 0 atom stereocenters. The van der Waals surface area contributed by atoms with E-state index in [1.807, 2.05) is 36.4 Å². The van der Waals surface area contributed by atoms with E-state index >= 15 is 0 Å². The van der Waals surface area contributed by atoms with Gasteiger partial charge in [0.05, 0.1) is 23.8 Å². The number of anilines is 4. The molecule has 3 aromatic carbocycles. The second-order valence-corrected chi connectivity index (χ2v) is 6.55. The number of nitrogens with zero attached hydrogens (tertiary/aromatic N) is 3. The fraction of sp³-hybridized carbons (Fsp3) is 0.0435. The summed E-state index contributed by atoms with van der Waals surface area (Å²) in [6.45, 7) is 0. The van der Waals surface area contributed by atoms with E-state index in [4.69, 9.17) is 10.5 Å². The van der Waals surface area contributed by atoms with Crippen LogP contribution in [0.4, 0.5) is 28.4 Å². The number of nitrogen functional groups attached to an aromatic ring is 1. The molecular formula is C23H19N5O4. The molecular weight excluding hydrogens is 410 g/mol. The summed E-state index contributed by atoms with van der Waals surface area (Å²) < 4.78 is 5.14. The molecule has 0 saturated heterocycles. The molecule has 0 spiro atoms. The van der Waals surface area contributed by atoms with Crippen molar-refractivity contribution in [1.82, 2.24) is 0 Å². The summed E-state index contributed by atoms with van der Waals surface area (Å²) in [7, 11) is 1.33. The predicted octanol–water partition coefficient (Wildman–Crippen LogP) is 4.37. The summed E-state index contributed by atoms with van der Waals surface area (Å²) in [5.41, 5.74) is 7.60. The smallest absolute Gasteiger partial charge is 0.273 e. The van der Waals surface area contributed by atoms with Crippen LogP contribution in [0.1, 0.15) is 0 Å². The minimum Gasteiger partial charge on any atom is -0.494 e. The lowest BCUT2D eigenvalue weighted by Gasteiger charge is -2.21. The van der Waals surface area contributed by atoms with Gasteiger partial charge in [0.2, 0.25) is 0 Å². The molecule has 0 bridgehead atoms. The SMILES string of the molecule is COc1cc([N+](=O)[O-])ccc1NC(=O)/C(C#N)=C\N(c1ccccc1)c1ccc(N)cc1. The Morgan fingerprint density at radius 1 is 1.12 bits per heavy atom. The molecule has 0 saturated carbocycles. The summed E-state index contributed by atoms with van der Waals surface area (Å²) in [6.07, 6.45) is 1.41. The molecule has 160 valence electrons. The highest BCUT2D eigenvalue weighted by Crippen LogP contribution is 2.30. The van der Waals surface area contributed by atoms with Gasteiger partial charge >= 0.3 is 0 Å². The van der Waals surface area contributed by atoms with E-state index < -0.39 is 10.8 Å². The first-order valence-electron chi connectivity index (χ1n) is 9.38. The number of nitro groups is 1. The number of hydrogen-bond donors (Lipinski definition) is 2. The van der Waals surface area contributed by atoms with Gasteiger partial charge in [-0.3, -0.25) is 14.9 Å². The third-order valence-corrected chi connectivity index (χ3v) is 4.47. The van der Waals surface area contributed by atoms with Crippen LogP contribution in [0.2, 0.25) is 0 Å². The van der Waals surface area contributed by atoms with Crippen LogP contribution in [0.3, 0.4) is 0 Å². The highest BCUT2D eigenvalue weighted by atomic mass is 16.6. The third-order valence-electron chi connectivity index (χ3n) is 4.47. The van der Waals surface area contributed by atoms with Crippen molar-refractivity contribution in [3.05, 3.63) is 94.7 Å². The summed E-state index contributed by atoms with van der Waals surface area (Å²) in [5, 5.41) is 23.2. The quantitative estimate of drug-likeness (QED) is 0.187. The number of carbonyl (C=O) groups excluding carboxylic acids is 1. The molecule has 1 amide bonds. The van der Waals surface area contributed by atoms with E-state index in [0.717, 1.165) is 5.69 Å². The van der Waals surface area contributed by atoms with Gasteiger partial charge in [-0.05, 0) is 42.5 Å². The van der Waals surface area contributed by atoms with Crippen molar-refractivity contribution in [2.45, 2.75) is 0 Å². The normalized spacial score (nSPS) is 10.7. The maximum Gasteiger partial charge on any atom is 0.273 e. The van der Waals surface area contributed by atoms with Crippen LogP contribution >= 0.6 is 0 Å². The Morgan fingerprint density at radius 2 is 1.78 bits per heavy atom. The average molecular weight is 429 g/mol. The fourth-order valence-corrected chi connectivity index (χ4v) is 2.88. The molecule has 0 aromatic heterocycles. The first kappa shape index (κ1) is 21.9. The lowest BCUT2D eigenvalue weighted by atomic mass is 10.2. The maximum absolute atomic E-state index is 12.8. The standard InChI is InChI=1S/C23H19N5O4/c1-32-22-13-20(28(30)31)11-12-21(22)26-23(29)16(14-24)15-27(18-5-3-2-4-6-18)19-9-7-17(25)8-10-19/h2-13,15H,25H2,1H3,(H,26,29)/b16-15-. The van der Waals surface area contributed by atoms with Crippen molar-refractivity contribution in [2.75, 3.05) is 23.1 Å². The van der Waals surface area contributed by atoms with Gasteiger partial charge in [-0.25, -0.2) is 0 Å². The van der Waals surface area contributed by atoms with E-state index in [-0.39, 0.29) is 22.7 Å². The lowest BCUT2D eigenvalue weighted by Crippen LogP contribution is -2.18. The van der Waals surface area contributed by atoms with Crippen LogP contribution in [-0.2, 0) is 4.79 Å². The Hall–Kier alpha value is -4.84. The van der Waals surface area contributed by atoms with Gasteiger partial charge in [0.15, 0.2) is 0 Å². The highest BCUT2D eigenvalue weighted by Gasteiger charge is 2.18. The van der Waals surface area contributed by atoms with Crippen LogP contribution in [0, 0.1) is 21.4 Å². The minimum absolute atomic E-state index is 0.100. The molecule has 32 heavy (non-hydrogen) atoms. The number of carbonyl (C=O) groups is 1. The Balaban J connectivity index is 1.96. The number of hydrogen-bond acceptors (Lipinski definition) is 7. The van der Waals surface area contributed by atoms with Gasteiger partial charge in [-0.15, -0.1) is 0 Å². The molecule has 0 aliphatic rings. The minimum atomic E-state index is -0.698. The largest absolute Gasteiger partial charge is 0.494 e. The van der Waals surface area contributed by atoms with Crippen LogP contribution in [0.5, 0.6) is 5.75 Å². The molecule has 3 rings (SSSR count). The zero-order valence-electron chi connectivity index (χ0n) is 17.1. The summed E-state index contributed by atoms with van der Waals surface area (Å²) in [6, 6.07) is 21.8. The average Bonchev–Trinajstić information content (AvgIpc) is 2.81. The number of nitro benzene ring substituents is 1. The monoisotopic (exact) mass is 429 g/mol. The van der Waals surface area contributed by atoms with Gasteiger partial charge in [0.25, 0.3) is 11.6 Å². The summed E-state index contributed by atoms with van der Waals surface area (Å²) >= 11 is 0. The zero-order valence-corrected chi connectivity index (χ0v) is 17.1. The van der Waals surface area contributed by atoms with Crippen molar-refractivity contribution in [3.63, 3.8) is 0 Å². The number of para-hydroxylation sites is 1. The van der Waals surface area contributed by atoms with E-state index in [9.17, 15) is 20.2 Å². The Kier molecular flexibility index (Phi) is 6.68. The van der Waals surface area contributed by atoms with E-state index in [0.29, 0.717) is 11.4 Å². The van der Waals surface area contributed by atoms with E-state index in [2.05, 4.69) is 5.32 Å². The molecule has 0 radical (unpaired) electrons. The number of methoxy groups -OCH3 is 1. The third kappa shape index (κ3) is 5.01. The molecule has 3 N–H and O–H groups in total. The molecule has 0 unspecified atom stereocenters. The van der Waals surface area contributed by atoms with Crippen LogP contribution < -0.4 is 20.7 Å². The van der Waals surface area contributed by atoms with Crippen LogP contribution in [0.15, 0.2) is 84.6 Å². The Labute approximate surface area is 184 Å². The number of benzene rings is 3. The van der Waals surface area contributed by atoms with E-state index in [1.54, 1.807) is 29.2 Å². The number of nitrogens with one attached hydrogen (secondary N) is 1. The number of ether oxygens (including phenoxy) is 1. The van der Waals surface area contributed by atoms with Gasteiger partial charge in [0.1, 0.15) is 17.4 Å². The van der Waals surface area contributed by atoms with E-state index in [1.165, 1.54) is 31.5 Å². The molecule has 3 aromatic rings. The number of amides is 1. The Bertz CT molecular complexity index is 1200. The maximum atomic E-state index is 12.8. The summed E-state index contributed by atoms with van der Waals surface area (Å²) in [4.78, 5) is 24.9. The zero-order chi connectivity index (χ0) is 23.1. The Morgan fingerprint density at radius 3 is 2.38 bits per heavy atom. The van der Waals surface area contributed by atoms with Crippen LogP contribution in [-0.4, -0.2) is 17.9 Å². The predicted molar refractivity (Wildman–Crippen MR) is 121 cm³/mol. The first-order chi connectivity index (χ1) is 15.4. The lowest BCUT2D eigenvalue weighted by molar-refractivity contribution is -0.384. The highest BCUT2D eigenvalue weighted by molar-refractivity contribution is 6.07. The van der Waals surface area contributed by atoms with Crippen molar-refractivity contribution < 1.29 is 14.5 Å². The molecule has 0 aliphatic carbocycles. The number of nitriles is 1. The van der Waals surface area contributed by atoms with Crippen molar-refractivity contribution in [2.24, 2.45) is 0 Å². The summed E-state index contributed by atoms with van der Waals surface area (Å²) in [5.74, 6) is -0.598. The van der Waals surface area contributed by atoms with Gasteiger partial charge < -0.3 is 20.7 Å². The number of nitrogens with two attached hydrogens (primary N) is 1. The van der Waals surface area contributed by atoms with Gasteiger partial charge in [-0.1, -0.05) is 18.2 Å². The second-order valence-electron chi connectivity index (χ2n) is 6.55. The molecule has 9 heteroatoms. The molecule has 0 fully saturated rings. The fourth-order valence-electron chi connectivity index (χ4n) is 2.88. The van der Waals surface area contributed by atoms with Crippen LogP contribution in [0.25, 0.3) is 0 Å². The number of non-ortho nitro benzene ring substituents is 1. The first-order valence-corrected chi connectivity index (χ1v) is 9.38. The second kappa shape index (κ2) is 9.77. The number of rotatable bonds is 7. The van der Waals surface area contributed by atoms with Crippen molar-refractivity contribution >= 4 is 34.3 Å².